The number of nitrogens with zero attached hydrogens (tertiary/aromatic N) is 2. The normalized spacial score (nSPS) is 20.7. The molecule has 2 aromatic heterocycles. The SMILES string of the molecule is CCC(=C/C(C)F)/C(F)=C(\C)c1cccc(C(=O)Nc2cnccc2[C@H]2CCC[C@@H](C)C2)n1. The van der Waals surface area contributed by atoms with Crippen LogP contribution >= 0.6 is 0 Å². The minimum atomic E-state index is -1.25. The molecule has 6 heteroatoms. The summed E-state index contributed by atoms with van der Waals surface area (Å²) in [6, 6.07) is 6.91. The van der Waals surface area contributed by atoms with E-state index in [0.717, 1.165) is 18.4 Å². The molecule has 33 heavy (non-hydrogen) atoms. The maximum absolute atomic E-state index is 15.0. The summed E-state index contributed by atoms with van der Waals surface area (Å²) in [6.45, 7) is 7.00. The van der Waals surface area contributed by atoms with Gasteiger partial charge in [-0.2, -0.15) is 0 Å². The zero-order chi connectivity index (χ0) is 24.0. The standard InChI is InChI=1S/C27H33F2N3O/c1-5-20(15-18(3)28)26(29)19(4)23-10-7-11-24(31-23)27(33)32-25-16-30-13-12-22(25)21-9-6-8-17(2)14-21/h7,10-13,15-18,21H,5-6,8-9,14H2,1-4H3,(H,32,33)/b20-15-,26-19-/t17-,18?,21+/m1/s1. The summed E-state index contributed by atoms with van der Waals surface area (Å²) in [5.41, 5.74) is 2.89. The molecule has 1 aliphatic carbocycles. The van der Waals surface area contributed by atoms with Crippen LogP contribution in [0.25, 0.3) is 5.57 Å². The number of carbonyl (C=O) groups is 1. The largest absolute Gasteiger partial charge is 0.319 e. The summed E-state index contributed by atoms with van der Waals surface area (Å²) >= 11 is 0. The van der Waals surface area contributed by atoms with Gasteiger partial charge in [0.1, 0.15) is 17.7 Å². The number of alkyl halides is 1. The molecule has 0 radical (unpaired) electrons. The number of hydrogen-bond donors (Lipinski definition) is 1. The molecule has 0 bridgehead atoms. The molecule has 2 aromatic rings. The van der Waals surface area contributed by atoms with E-state index in [1.165, 1.54) is 25.8 Å². The molecular formula is C27H33F2N3O. The van der Waals surface area contributed by atoms with Crippen LogP contribution in [-0.2, 0) is 0 Å². The maximum atomic E-state index is 15.0. The molecule has 1 N–H and O–H groups in total. The Morgan fingerprint density at radius 2 is 2.03 bits per heavy atom. The highest BCUT2D eigenvalue weighted by atomic mass is 19.1. The summed E-state index contributed by atoms with van der Waals surface area (Å²) in [5, 5.41) is 2.96. The van der Waals surface area contributed by atoms with Gasteiger partial charge in [0.2, 0.25) is 0 Å². The van der Waals surface area contributed by atoms with E-state index in [1.807, 2.05) is 6.07 Å². The second-order valence-corrected chi connectivity index (χ2v) is 8.96. The van der Waals surface area contributed by atoms with Crippen molar-refractivity contribution in [3.63, 3.8) is 0 Å². The minimum absolute atomic E-state index is 0.187. The molecule has 1 fully saturated rings. The van der Waals surface area contributed by atoms with Crippen molar-refractivity contribution in [2.45, 2.75) is 71.9 Å². The molecule has 1 amide bonds. The topological polar surface area (TPSA) is 54.9 Å². The van der Waals surface area contributed by atoms with Gasteiger partial charge in [-0.1, -0.05) is 32.8 Å². The van der Waals surface area contributed by atoms with E-state index in [4.69, 9.17) is 0 Å². The Morgan fingerprint density at radius 1 is 1.27 bits per heavy atom. The van der Waals surface area contributed by atoms with Crippen LogP contribution in [-0.4, -0.2) is 22.0 Å². The Labute approximate surface area is 195 Å². The number of rotatable bonds is 7. The average molecular weight is 454 g/mol. The average Bonchev–Trinajstić information content (AvgIpc) is 2.82. The van der Waals surface area contributed by atoms with Crippen LogP contribution in [0.1, 0.15) is 87.5 Å². The number of carbonyl (C=O) groups excluding carboxylic acids is 1. The van der Waals surface area contributed by atoms with Crippen LogP contribution in [0.4, 0.5) is 14.5 Å². The van der Waals surface area contributed by atoms with Crippen LogP contribution < -0.4 is 5.32 Å². The fraction of sp³-hybridized carbons (Fsp3) is 0.444. The van der Waals surface area contributed by atoms with E-state index in [1.54, 1.807) is 44.4 Å². The van der Waals surface area contributed by atoms with E-state index in [9.17, 15) is 13.6 Å². The van der Waals surface area contributed by atoms with Crippen molar-refractivity contribution in [2.24, 2.45) is 5.92 Å². The number of halogens is 2. The van der Waals surface area contributed by atoms with Crippen LogP contribution in [0, 0.1) is 5.92 Å². The zero-order valence-electron chi connectivity index (χ0n) is 19.9. The Kier molecular flexibility index (Phi) is 8.48. The molecule has 0 spiro atoms. The Bertz CT molecular complexity index is 1050. The van der Waals surface area contributed by atoms with Gasteiger partial charge in [-0.25, -0.2) is 13.8 Å². The minimum Gasteiger partial charge on any atom is -0.319 e. The van der Waals surface area contributed by atoms with Crippen LogP contribution in [0.5, 0.6) is 0 Å². The Morgan fingerprint density at radius 3 is 2.73 bits per heavy atom. The quantitative estimate of drug-likeness (QED) is 0.444. The van der Waals surface area contributed by atoms with E-state index < -0.39 is 12.0 Å². The zero-order valence-corrected chi connectivity index (χ0v) is 19.9. The summed E-state index contributed by atoms with van der Waals surface area (Å²) in [6.07, 6.45) is 8.43. The molecular weight excluding hydrogens is 420 g/mol. The van der Waals surface area contributed by atoms with Crippen molar-refractivity contribution in [3.8, 4) is 0 Å². The summed E-state index contributed by atoms with van der Waals surface area (Å²) < 4.78 is 28.4. The predicted octanol–water partition coefficient (Wildman–Crippen LogP) is 7.42. The molecule has 3 rings (SSSR count). The van der Waals surface area contributed by atoms with Gasteiger partial charge >= 0.3 is 0 Å². The first-order valence-electron chi connectivity index (χ1n) is 11.7. The first-order valence-corrected chi connectivity index (χ1v) is 11.7. The van der Waals surface area contributed by atoms with Gasteiger partial charge in [0.25, 0.3) is 5.91 Å². The second-order valence-electron chi connectivity index (χ2n) is 8.96. The Balaban J connectivity index is 1.85. The lowest BCUT2D eigenvalue weighted by Crippen LogP contribution is -2.18. The fourth-order valence-corrected chi connectivity index (χ4v) is 4.52. The number of anilines is 1. The maximum Gasteiger partial charge on any atom is 0.274 e. The van der Waals surface area contributed by atoms with Gasteiger partial charge in [0.05, 0.1) is 17.6 Å². The molecule has 1 saturated carbocycles. The van der Waals surface area contributed by atoms with Gasteiger partial charge in [0.15, 0.2) is 0 Å². The highest BCUT2D eigenvalue weighted by Crippen LogP contribution is 2.38. The lowest BCUT2D eigenvalue weighted by molar-refractivity contribution is 0.102. The number of pyridine rings is 2. The number of hydrogen-bond acceptors (Lipinski definition) is 3. The highest BCUT2D eigenvalue weighted by molar-refractivity contribution is 6.03. The molecule has 0 saturated heterocycles. The van der Waals surface area contributed by atoms with Crippen LogP contribution in [0.15, 0.2) is 54.1 Å². The molecule has 1 unspecified atom stereocenters. The third kappa shape index (κ3) is 6.34. The monoisotopic (exact) mass is 453 g/mol. The predicted molar refractivity (Wildman–Crippen MR) is 129 cm³/mol. The van der Waals surface area contributed by atoms with Crippen molar-refractivity contribution >= 4 is 17.2 Å². The van der Waals surface area contributed by atoms with Gasteiger partial charge in [-0.05, 0) is 80.4 Å². The van der Waals surface area contributed by atoms with Gasteiger partial charge in [-0.3, -0.25) is 9.78 Å². The van der Waals surface area contributed by atoms with Crippen molar-refractivity contribution in [1.82, 2.24) is 9.97 Å². The van der Waals surface area contributed by atoms with E-state index in [-0.39, 0.29) is 17.2 Å². The molecule has 4 nitrogen and oxygen atoms in total. The summed E-state index contributed by atoms with van der Waals surface area (Å²) in [7, 11) is 0. The van der Waals surface area contributed by atoms with Crippen molar-refractivity contribution in [2.75, 3.05) is 5.32 Å². The van der Waals surface area contributed by atoms with E-state index in [2.05, 4.69) is 22.2 Å². The number of aromatic nitrogens is 2. The highest BCUT2D eigenvalue weighted by Gasteiger charge is 2.23. The first kappa shape index (κ1) is 24.7. The first-order chi connectivity index (χ1) is 15.8. The lowest BCUT2D eigenvalue weighted by Gasteiger charge is -2.28. The smallest absolute Gasteiger partial charge is 0.274 e. The fourth-order valence-electron chi connectivity index (χ4n) is 4.52. The molecule has 0 aliphatic heterocycles. The van der Waals surface area contributed by atoms with Crippen molar-refractivity contribution < 1.29 is 13.6 Å². The number of nitrogens with one attached hydrogen (secondary N) is 1. The molecule has 176 valence electrons. The lowest BCUT2D eigenvalue weighted by atomic mass is 9.78. The summed E-state index contributed by atoms with van der Waals surface area (Å²) in [4.78, 5) is 21.6. The van der Waals surface area contributed by atoms with E-state index >= 15 is 0 Å². The molecule has 3 atom stereocenters. The summed E-state index contributed by atoms with van der Waals surface area (Å²) in [5.74, 6) is 0.175. The van der Waals surface area contributed by atoms with Crippen LogP contribution in [0.2, 0.25) is 0 Å². The number of amides is 1. The Hall–Kier alpha value is -2.89. The van der Waals surface area contributed by atoms with E-state index in [0.29, 0.717) is 35.2 Å². The van der Waals surface area contributed by atoms with Crippen molar-refractivity contribution in [3.05, 3.63) is 71.1 Å². The molecule has 0 aromatic carbocycles. The third-order valence-electron chi connectivity index (χ3n) is 6.27. The van der Waals surface area contributed by atoms with Crippen molar-refractivity contribution in [1.29, 1.82) is 0 Å². The van der Waals surface area contributed by atoms with Gasteiger partial charge in [0, 0.05) is 11.8 Å². The van der Waals surface area contributed by atoms with Crippen LogP contribution in [0.3, 0.4) is 0 Å². The second kappa shape index (κ2) is 11.3. The molecule has 1 aliphatic rings. The van der Waals surface area contributed by atoms with Gasteiger partial charge < -0.3 is 5.32 Å². The van der Waals surface area contributed by atoms with Gasteiger partial charge in [-0.15, -0.1) is 0 Å². The third-order valence-corrected chi connectivity index (χ3v) is 6.27. The molecule has 2 heterocycles. The number of allylic oxidation sites excluding steroid dienone is 4.